The van der Waals surface area contributed by atoms with Crippen LogP contribution in [-0.4, -0.2) is 9.97 Å². The molecular weight excluding hydrogens is 220 g/mol. The van der Waals surface area contributed by atoms with E-state index in [9.17, 15) is 0 Å². The molecule has 1 aliphatic rings. The highest BCUT2D eigenvalue weighted by Crippen LogP contribution is 2.34. The number of allylic oxidation sites excluding steroid dienone is 1. The summed E-state index contributed by atoms with van der Waals surface area (Å²) >= 11 is 5.80. The van der Waals surface area contributed by atoms with Gasteiger partial charge in [0, 0.05) is 12.1 Å². The second-order valence-corrected chi connectivity index (χ2v) is 4.05. The monoisotopic (exact) mass is 228 g/mol. The predicted molar refractivity (Wildman–Crippen MR) is 64.4 cm³/mol. The molecule has 3 heteroatoms. The molecule has 1 heterocycles. The summed E-state index contributed by atoms with van der Waals surface area (Å²) in [5.41, 5.74) is 3.47. The molecule has 0 N–H and O–H groups in total. The maximum atomic E-state index is 5.80. The lowest BCUT2D eigenvalue weighted by Crippen LogP contribution is -1.99. The van der Waals surface area contributed by atoms with Crippen LogP contribution in [-0.2, 0) is 0 Å². The second kappa shape index (κ2) is 3.72. The molecule has 2 nitrogen and oxygen atoms in total. The van der Waals surface area contributed by atoms with Crippen LogP contribution in [0.25, 0.3) is 6.08 Å². The first kappa shape index (κ1) is 9.55. The second-order valence-electron chi connectivity index (χ2n) is 3.72. The van der Waals surface area contributed by atoms with E-state index in [1.807, 2.05) is 18.2 Å². The quantitative estimate of drug-likeness (QED) is 0.700. The highest BCUT2D eigenvalue weighted by molar-refractivity contribution is 6.28. The van der Waals surface area contributed by atoms with Crippen LogP contribution in [0.1, 0.15) is 22.7 Å². The van der Waals surface area contributed by atoms with Gasteiger partial charge in [0.25, 0.3) is 0 Å². The Hall–Kier alpha value is -1.67. The summed E-state index contributed by atoms with van der Waals surface area (Å²) in [6.45, 7) is 0. The van der Waals surface area contributed by atoms with Gasteiger partial charge in [0.05, 0.1) is 5.69 Å². The highest BCUT2D eigenvalue weighted by atomic mass is 35.5. The minimum atomic E-state index is 0.205. The summed E-state index contributed by atoms with van der Waals surface area (Å²) < 4.78 is 0. The van der Waals surface area contributed by atoms with Gasteiger partial charge in [-0.05, 0) is 28.8 Å². The van der Waals surface area contributed by atoms with E-state index in [2.05, 4.69) is 34.3 Å². The summed E-state index contributed by atoms with van der Waals surface area (Å²) in [5, 5.41) is 0.301. The van der Waals surface area contributed by atoms with Gasteiger partial charge in [-0.2, -0.15) is 0 Å². The number of benzene rings is 1. The zero-order chi connectivity index (χ0) is 11.0. The Kier molecular flexibility index (Phi) is 2.22. The fraction of sp³-hybridized carbons (Fsp3) is 0.0769. The number of aromatic nitrogens is 2. The zero-order valence-corrected chi connectivity index (χ0v) is 9.22. The van der Waals surface area contributed by atoms with Gasteiger partial charge in [0.15, 0.2) is 0 Å². The summed E-state index contributed by atoms with van der Waals surface area (Å²) in [7, 11) is 0. The summed E-state index contributed by atoms with van der Waals surface area (Å²) in [6.07, 6.45) is 5.96. The van der Waals surface area contributed by atoms with Crippen molar-refractivity contribution in [2.24, 2.45) is 0 Å². The molecule has 3 rings (SSSR count). The van der Waals surface area contributed by atoms with Crippen LogP contribution < -0.4 is 0 Å². The van der Waals surface area contributed by atoms with Crippen molar-refractivity contribution in [3.8, 4) is 0 Å². The van der Waals surface area contributed by atoms with Crippen molar-refractivity contribution in [2.45, 2.75) is 5.92 Å². The standard InChI is InChI=1S/C13H9ClN2/c14-13-15-8-7-12(16-13)11-6-5-9-3-1-2-4-10(9)11/h1-8,11H. The van der Waals surface area contributed by atoms with E-state index in [0.717, 1.165) is 5.69 Å². The molecule has 16 heavy (non-hydrogen) atoms. The molecule has 0 fully saturated rings. The van der Waals surface area contributed by atoms with Crippen molar-refractivity contribution in [3.05, 3.63) is 64.7 Å². The van der Waals surface area contributed by atoms with Crippen molar-refractivity contribution >= 4 is 17.7 Å². The van der Waals surface area contributed by atoms with E-state index in [0.29, 0.717) is 5.28 Å². The Morgan fingerprint density at radius 1 is 1.12 bits per heavy atom. The number of nitrogens with zero attached hydrogens (tertiary/aromatic N) is 2. The molecule has 78 valence electrons. The van der Waals surface area contributed by atoms with E-state index in [-0.39, 0.29) is 5.92 Å². The average Bonchev–Trinajstić information content (AvgIpc) is 2.72. The van der Waals surface area contributed by atoms with E-state index in [1.165, 1.54) is 11.1 Å². The molecule has 0 saturated carbocycles. The maximum absolute atomic E-state index is 5.80. The van der Waals surface area contributed by atoms with Crippen LogP contribution in [0.5, 0.6) is 0 Å². The predicted octanol–water partition coefficient (Wildman–Crippen LogP) is 3.29. The topological polar surface area (TPSA) is 25.8 Å². The van der Waals surface area contributed by atoms with Crippen LogP contribution >= 0.6 is 11.6 Å². The molecule has 1 atom stereocenters. The lowest BCUT2D eigenvalue weighted by atomic mass is 9.97. The SMILES string of the molecule is Clc1nccc(C2C=Cc3ccccc32)n1. The lowest BCUT2D eigenvalue weighted by molar-refractivity contribution is 0.947. The largest absolute Gasteiger partial charge is 0.227 e. The van der Waals surface area contributed by atoms with Crippen molar-refractivity contribution in [2.75, 3.05) is 0 Å². The number of rotatable bonds is 1. The molecule has 1 aliphatic carbocycles. The molecule has 0 aliphatic heterocycles. The summed E-state index contributed by atoms with van der Waals surface area (Å²) in [4.78, 5) is 8.15. The molecule has 2 aromatic rings. The Labute approximate surface area is 98.6 Å². The van der Waals surface area contributed by atoms with Gasteiger partial charge in [-0.3, -0.25) is 0 Å². The average molecular weight is 229 g/mol. The first-order valence-corrected chi connectivity index (χ1v) is 5.48. The Bertz CT molecular complexity index is 563. The van der Waals surface area contributed by atoms with E-state index >= 15 is 0 Å². The van der Waals surface area contributed by atoms with Crippen LogP contribution in [0.3, 0.4) is 0 Å². The Morgan fingerprint density at radius 2 is 2.00 bits per heavy atom. The van der Waals surface area contributed by atoms with Gasteiger partial charge in [-0.1, -0.05) is 36.4 Å². The highest BCUT2D eigenvalue weighted by Gasteiger charge is 2.19. The van der Waals surface area contributed by atoms with Gasteiger partial charge < -0.3 is 0 Å². The van der Waals surface area contributed by atoms with E-state index in [4.69, 9.17) is 11.6 Å². The van der Waals surface area contributed by atoms with E-state index < -0.39 is 0 Å². The number of hydrogen-bond acceptors (Lipinski definition) is 2. The fourth-order valence-corrected chi connectivity index (χ4v) is 2.18. The van der Waals surface area contributed by atoms with Crippen LogP contribution in [0, 0.1) is 0 Å². The summed E-state index contributed by atoms with van der Waals surface area (Å²) in [6, 6.07) is 10.2. The lowest BCUT2D eigenvalue weighted by Gasteiger charge is -2.09. The Balaban J connectivity index is 2.08. The third-order valence-corrected chi connectivity index (χ3v) is 2.95. The normalized spacial score (nSPS) is 17.4. The first-order valence-electron chi connectivity index (χ1n) is 5.10. The van der Waals surface area contributed by atoms with Crippen molar-refractivity contribution in [1.82, 2.24) is 9.97 Å². The molecule has 1 aromatic heterocycles. The van der Waals surface area contributed by atoms with Crippen LogP contribution in [0.4, 0.5) is 0 Å². The molecule has 0 bridgehead atoms. The van der Waals surface area contributed by atoms with E-state index in [1.54, 1.807) is 6.20 Å². The molecule has 0 amide bonds. The Morgan fingerprint density at radius 3 is 2.88 bits per heavy atom. The van der Waals surface area contributed by atoms with Gasteiger partial charge in [0.2, 0.25) is 5.28 Å². The van der Waals surface area contributed by atoms with Crippen molar-refractivity contribution in [1.29, 1.82) is 0 Å². The third kappa shape index (κ3) is 1.51. The van der Waals surface area contributed by atoms with Gasteiger partial charge in [-0.25, -0.2) is 9.97 Å². The molecule has 0 spiro atoms. The number of fused-ring (bicyclic) bond motifs is 1. The van der Waals surface area contributed by atoms with Crippen LogP contribution in [0.15, 0.2) is 42.6 Å². The molecule has 1 unspecified atom stereocenters. The minimum Gasteiger partial charge on any atom is -0.227 e. The van der Waals surface area contributed by atoms with Gasteiger partial charge >= 0.3 is 0 Å². The fourth-order valence-electron chi connectivity index (χ4n) is 2.03. The molecular formula is C13H9ClN2. The molecule has 0 radical (unpaired) electrons. The third-order valence-electron chi connectivity index (χ3n) is 2.77. The van der Waals surface area contributed by atoms with Gasteiger partial charge in [-0.15, -0.1) is 0 Å². The molecule has 1 aromatic carbocycles. The first-order chi connectivity index (χ1) is 7.84. The van der Waals surface area contributed by atoms with Crippen molar-refractivity contribution < 1.29 is 0 Å². The molecule has 0 saturated heterocycles. The smallest absolute Gasteiger partial charge is 0.222 e. The maximum Gasteiger partial charge on any atom is 0.222 e. The minimum absolute atomic E-state index is 0.205. The number of halogens is 1. The van der Waals surface area contributed by atoms with Crippen molar-refractivity contribution in [3.63, 3.8) is 0 Å². The summed E-state index contributed by atoms with van der Waals surface area (Å²) in [5.74, 6) is 0.205. The van der Waals surface area contributed by atoms with Gasteiger partial charge in [0.1, 0.15) is 0 Å². The zero-order valence-electron chi connectivity index (χ0n) is 8.47. The van der Waals surface area contributed by atoms with Crippen LogP contribution in [0.2, 0.25) is 5.28 Å². The number of hydrogen-bond donors (Lipinski definition) is 0.